The van der Waals surface area contributed by atoms with E-state index in [0.29, 0.717) is 48.9 Å². The third-order valence-electron chi connectivity index (χ3n) is 6.24. The summed E-state index contributed by atoms with van der Waals surface area (Å²) in [6.07, 6.45) is 2.96. The van der Waals surface area contributed by atoms with Gasteiger partial charge in [-0.2, -0.15) is 0 Å². The SMILES string of the molecule is COc1cc(OC)c(C2=CCN(C(=O)CCNC(=O)c3ccc(C(C)(C)C)cc3)CC2)c(OC)c1. The highest BCUT2D eigenvalue weighted by molar-refractivity contribution is 5.94. The van der Waals surface area contributed by atoms with Crippen molar-refractivity contribution in [1.29, 1.82) is 0 Å². The Labute approximate surface area is 208 Å². The van der Waals surface area contributed by atoms with Gasteiger partial charge < -0.3 is 24.4 Å². The van der Waals surface area contributed by atoms with Gasteiger partial charge in [-0.15, -0.1) is 0 Å². The molecule has 35 heavy (non-hydrogen) atoms. The smallest absolute Gasteiger partial charge is 0.251 e. The van der Waals surface area contributed by atoms with Gasteiger partial charge in [0.05, 0.1) is 26.9 Å². The van der Waals surface area contributed by atoms with Crippen LogP contribution in [-0.2, 0) is 10.2 Å². The zero-order valence-electron chi connectivity index (χ0n) is 21.6. The topological polar surface area (TPSA) is 77.1 Å². The van der Waals surface area contributed by atoms with Crippen molar-refractivity contribution < 1.29 is 23.8 Å². The van der Waals surface area contributed by atoms with Crippen molar-refractivity contribution in [2.45, 2.75) is 39.0 Å². The third-order valence-corrected chi connectivity index (χ3v) is 6.24. The molecule has 2 aromatic carbocycles. The number of carbonyl (C=O) groups excluding carboxylic acids is 2. The Morgan fingerprint density at radius 3 is 2.09 bits per heavy atom. The van der Waals surface area contributed by atoms with E-state index in [1.54, 1.807) is 26.2 Å². The molecule has 1 aliphatic rings. The van der Waals surface area contributed by atoms with E-state index in [1.165, 1.54) is 5.56 Å². The first-order valence-corrected chi connectivity index (χ1v) is 11.8. The molecule has 0 atom stereocenters. The summed E-state index contributed by atoms with van der Waals surface area (Å²) in [5.41, 5.74) is 3.75. The fourth-order valence-corrected chi connectivity index (χ4v) is 4.11. The minimum atomic E-state index is -0.169. The Morgan fingerprint density at radius 1 is 0.971 bits per heavy atom. The summed E-state index contributed by atoms with van der Waals surface area (Å²) in [5.74, 6) is 1.84. The zero-order chi connectivity index (χ0) is 25.6. The number of rotatable bonds is 8. The van der Waals surface area contributed by atoms with Gasteiger partial charge in [0.1, 0.15) is 17.2 Å². The van der Waals surface area contributed by atoms with Gasteiger partial charge >= 0.3 is 0 Å². The van der Waals surface area contributed by atoms with E-state index in [-0.39, 0.29) is 23.7 Å². The molecule has 0 saturated heterocycles. The van der Waals surface area contributed by atoms with E-state index in [0.717, 1.165) is 11.1 Å². The lowest BCUT2D eigenvalue weighted by atomic mass is 9.87. The highest BCUT2D eigenvalue weighted by Gasteiger charge is 2.23. The summed E-state index contributed by atoms with van der Waals surface area (Å²) in [6.45, 7) is 7.79. The quantitative estimate of drug-likeness (QED) is 0.604. The predicted octanol–water partition coefficient (Wildman–Crippen LogP) is 4.45. The number of carbonyl (C=O) groups is 2. The summed E-state index contributed by atoms with van der Waals surface area (Å²) in [5, 5.41) is 2.86. The minimum absolute atomic E-state index is 0.0114. The Hall–Kier alpha value is -3.48. The summed E-state index contributed by atoms with van der Waals surface area (Å²) in [7, 11) is 4.83. The van der Waals surface area contributed by atoms with Crippen LogP contribution in [0.5, 0.6) is 17.2 Å². The van der Waals surface area contributed by atoms with Crippen LogP contribution in [0, 0.1) is 0 Å². The molecular weight excluding hydrogens is 444 g/mol. The highest BCUT2D eigenvalue weighted by atomic mass is 16.5. The molecule has 0 unspecified atom stereocenters. The molecule has 1 heterocycles. The monoisotopic (exact) mass is 480 g/mol. The van der Waals surface area contributed by atoms with Crippen LogP contribution in [-0.4, -0.2) is 57.7 Å². The number of nitrogens with one attached hydrogen (secondary N) is 1. The van der Waals surface area contributed by atoms with Crippen LogP contribution < -0.4 is 19.5 Å². The molecule has 2 amide bonds. The van der Waals surface area contributed by atoms with E-state index >= 15 is 0 Å². The molecule has 1 aliphatic heterocycles. The molecule has 2 aromatic rings. The number of benzene rings is 2. The molecule has 0 aromatic heterocycles. The van der Waals surface area contributed by atoms with Crippen molar-refractivity contribution in [3.8, 4) is 17.2 Å². The number of amides is 2. The standard InChI is InChI=1S/C28H36N2O5/c1-28(2,3)21-9-7-20(8-10-21)27(32)29-14-11-25(31)30-15-12-19(13-16-30)26-23(34-5)17-22(33-4)18-24(26)35-6/h7-10,12,17-18H,11,13-16H2,1-6H3,(H,29,32). The molecule has 0 radical (unpaired) electrons. The van der Waals surface area contributed by atoms with Crippen molar-refractivity contribution in [3.63, 3.8) is 0 Å². The Kier molecular flexibility index (Phi) is 8.43. The Balaban J connectivity index is 1.56. The molecule has 0 spiro atoms. The van der Waals surface area contributed by atoms with Crippen molar-refractivity contribution in [2.75, 3.05) is 41.0 Å². The van der Waals surface area contributed by atoms with Crippen molar-refractivity contribution in [1.82, 2.24) is 10.2 Å². The number of hydrogen-bond acceptors (Lipinski definition) is 5. The van der Waals surface area contributed by atoms with Crippen molar-refractivity contribution in [2.24, 2.45) is 0 Å². The van der Waals surface area contributed by atoms with E-state index in [2.05, 4.69) is 26.1 Å². The molecule has 0 aliphatic carbocycles. The lowest BCUT2D eigenvalue weighted by Crippen LogP contribution is -2.37. The molecule has 3 rings (SSSR count). The normalized spacial score (nSPS) is 13.7. The summed E-state index contributed by atoms with van der Waals surface area (Å²) in [4.78, 5) is 27.0. The molecule has 188 valence electrons. The number of hydrogen-bond donors (Lipinski definition) is 1. The van der Waals surface area contributed by atoms with Gasteiger partial charge in [-0.1, -0.05) is 39.0 Å². The van der Waals surface area contributed by atoms with Crippen LogP contribution in [0.4, 0.5) is 0 Å². The summed E-state index contributed by atoms with van der Waals surface area (Å²) >= 11 is 0. The van der Waals surface area contributed by atoms with Crippen LogP contribution >= 0.6 is 0 Å². The van der Waals surface area contributed by atoms with Gasteiger partial charge in [0.25, 0.3) is 5.91 Å². The van der Waals surface area contributed by atoms with Gasteiger partial charge in [-0.25, -0.2) is 0 Å². The first-order valence-electron chi connectivity index (χ1n) is 11.8. The minimum Gasteiger partial charge on any atom is -0.496 e. The molecular formula is C28H36N2O5. The first kappa shape index (κ1) is 26.1. The molecule has 0 bridgehead atoms. The number of ether oxygens (including phenoxy) is 3. The second-order valence-electron chi connectivity index (χ2n) is 9.56. The average Bonchev–Trinajstić information content (AvgIpc) is 2.87. The van der Waals surface area contributed by atoms with E-state index in [9.17, 15) is 9.59 Å². The summed E-state index contributed by atoms with van der Waals surface area (Å²) < 4.78 is 16.5. The molecule has 1 N–H and O–H groups in total. The highest BCUT2D eigenvalue weighted by Crippen LogP contribution is 2.40. The number of nitrogens with zero attached hydrogens (tertiary/aromatic N) is 1. The van der Waals surface area contributed by atoms with E-state index in [4.69, 9.17) is 14.2 Å². The molecule has 7 heteroatoms. The van der Waals surface area contributed by atoms with Crippen molar-refractivity contribution in [3.05, 3.63) is 59.2 Å². The van der Waals surface area contributed by atoms with Gasteiger partial charge in [-0.3, -0.25) is 9.59 Å². The van der Waals surface area contributed by atoms with Crippen LogP contribution in [0.1, 0.15) is 55.1 Å². The van der Waals surface area contributed by atoms with Crippen LogP contribution in [0.15, 0.2) is 42.5 Å². The maximum absolute atomic E-state index is 12.7. The summed E-state index contributed by atoms with van der Waals surface area (Å²) in [6, 6.07) is 11.3. The second-order valence-corrected chi connectivity index (χ2v) is 9.56. The zero-order valence-corrected chi connectivity index (χ0v) is 21.6. The number of methoxy groups -OCH3 is 3. The lowest BCUT2D eigenvalue weighted by Gasteiger charge is -2.28. The maximum Gasteiger partial charge on any atom is 0.251 e. The Bertz CT molecular complexity index is 1060. The largest absolute Gasteiger partial charge is 0.496 e. The van der Waals surface area contributed by atoms with Gasteiger partial charge in [-0.05, 0) is 35.1 Å². The van der Waals surface area contributed by atoms with Gasteiger partial charge in [0, 0.05) is 43.8 Å². The van der Waals surface area contributed by atoms with Gasteiger partial charge in [0.15, 0.2) is 0 Å². The van der Waals surface area contributed by atoms with Crippen LogP contribution in [0.2, 0.25) is 0 Å². The third kappa shape index (κ3) is 6.35. The fraction of sp³-hybridized carbons (Fsp3) is 0.429. The Morgan fingerprint density at radius 2 is 1.60 bits per heavy atom. The lowest BCUT2D eigenvalue weighted by molar-refractivity contribution is -0.130. The van der Waals surface area contributed by atoms with Crippen molar-refractivity contribution >= 4 is 17.4 Å². The van der Waals surface area contributed by atoms with E-state index < -0.39 is 0 Å². The molecule has 7 nitrogen and oxygen atoms in total. The van der Waals surface area contributed by atoms with Gasteiger partial charge in [0.2, 0.25) is 5.91 Å². The predicted molar refractivity (Wildman–Crippen MR) is 137 cm³/mol. The van der Waals surface area contributed by atoms with Crippen LogP contribution in [0.25, 0.3) is 5.57 Å². The van der Waals surface area contributed by atoms with E-state index in [1.807, 2.05) is 42.5 Å². The first-order chi connectivity index (χ1) is 16.7. The maximum atomic E-state index is 12.7. The molecule has 0 fully saturated rings. The molecule has 0 saturated carbocycles. The fourth-order valence-electron chi connectivity index (χ4n) is 4.11. The van der Waals surface area contributed by atoms with Crippen LogP contribution in [0.3, 0.4) is 0 Å². The average molecular weight is 481 g/mol. The second kappa shape index (κ2) is 11.3.